The van der Waals surface area contributed by atoms with Gasteiger partial charge >= 0.3 is 6.03 Å². The Labute approximate surface area is 166 Å². The number of rotatable bonds is 8. The van der Waals surface area contributed by atoms with Crippen LogP contribution in [-0.2, 0) is 11.2 Å². The van der Waals surface area contributed by atoms with Gasteiger partial charge in [-0.05, 0) is 45.7 Å². The van der Waals surface area contributed by atoms with E-state index in [4.69, 9.17) is 4.52 Å². The Kier molecular flexibility index (Phi) is 7.64. The number of aromatic nitrogens is 2. The van der Waals surface area contributed by atoms with Gasteiger partial charge < -0.3 is 25.0 Å². The summed E-state index contributed by atoms with van der Waals surface area (Å²) in [6, 6.07) is -0.244. The standard InChI is InChI=1S/C19H32N6O3/c1-2-20-19(27)25-13-6-7-15(25)18-22-17(28-23-18)9-8-16(26)21-10-14-24-11-4-3-5-12-24/h15H,2-14H2,1H3,(H,20,27)(H,21,26). The monoisotopic (exact) mass is 392 g/mol. The molecule has 9 nitrogen and oxygen atoms in total. The Hall–Kier alpha value is -2.16. The fraction of sp³-hybridized carbons (Fsp3) is 0.789. The molecule has 2 N–H and O–H groups in total. The van der Waals surface area contributed by atoms with E-state index >= 15 is 0 Å². The lowest BCUT2D eigenvalue weighted by molar-refractivity contribution is -0.121. The van der Waals surface area contributed by atoms with Crippen molar-refractivity contribution in [1.82, 2.24) is 30.6 Å². The van der Waals surface area contributed by atoms with Crippen LogP contribution in [0.25, 0.3) is 0 Å². The van der Waals surface area contributed by atoms with Gasteiger partial charge in [-0.3, -0.25) is 4.79 Å². The molecule has 2 aliphatic heterocycles. The summed E-state index contributed by atoms with van der Waals surface area (Å²) in [5.74, 6) is 0.981. The van der Waals surface area contributed by atoms with Crippen molar-refractivity contribution >= 4 is 11.9 Å². The van der Waals surface area contributed by atoms with Gasteiger partial charge in [0, 0.05) is 39.0 Å². The van der Waals surface area contributed by atoms with Crippen LogP contribution in [0.5, 0.6) is 0 Å². The van der Waals surface area contributed by atoms with E-state index in [0.29, 0.717) is 44.2 Å². The van der Waals surface area contributed by atoms with E-state index in [1.807, 2.05) is 6.92 Å². The minimum Gasteiger partial charge on any atom is -0.355 e. The van der Waals surface area contributed by atoms with Gasteiger partial charge in [0.25, 0.3) is 0 Å². The van der Waals surface area contributed by atoms with Crippen LogP contribution in [0, 0.1) is 0 Å². The van der Waals surface area contributed by atoms with Gasteiger partial charge in [-0.1, -0.05) is 11.6 Å². The van der Waals surface area contributed by atoms with Gasteiger partial charge in [0.1, 0.15) is 0 Å². The van der Waals surface area contributed by atoms with Crippen LogP contribution in [0.4, 0.5) is 4.79 Å². The number of hydrogen-bond donors (Lipinski definition) is 2. The topological polar surface area (TPSA) is 104 Å². The van der Waals surface area contributed by atoms with Crippen LogP contribution >= 0.6 is 0 Å². The molecule has 0 spiro atoms. The molecule has 0 saturated carbocycles. The highest BCUT2D eigenvalue weighted by atomic mass is 16.5. The Bertz CT molecular complexity index is 643. The highest BCUT2D eigenvalue weighted by molar-refractivity contribution is 5.76. The van der Waals surface area contributed by atoms with Crippen molar-refractivity contribution < 1.29 is 14.1 Å². The number of likely N-dealkylation sites (tertiary alicyclic amines) is 2. The molecular formula is C19H32N6O3. The van der Waals surface area contributed by atoms with Crippen LogP contribution in [-0.4, -0.2) is 71.1 Å². The van der Waals surface area contributed by atoms with E-state index < -0.39 is 0 Å². The summed E-state index contributed by atoms with van der Waals surface area (Å²) in [6.45, 7) is 7.04. The van der Waals surface area contributed by atoms with Crippen LogP contribution in [0.1, 0.15) is 63.2 Å². The molecule has 1 aromatic heterocycles. The molecule has 1 unspecified atom stereocenters. The van der Waals surface area contributed by atoms with Gasteiger partial charge in [0.15, 0.2) is 5.82 Å². The largest absolute Gasteiger partial charge is 0.355 e. The zero-order valence-electron chi connectivity index (χ0n) is 16.8. The predicted molar refractivity (Wildman–Crippen MR) is 104 cm³/mol. The van der Waals surface area contributed by atoms with Crippen molar-refractivity contribution in [2.75, 3.05) is 39.3 Å². The third-order valence-electron chi connectivity index (χ3n) is 5.39. The fourth-order valence-electron chi connectivity index (χ4n) is 3.88. The smallest absolute Gasteiger partial charge is 0.318 e. The summed E-state index contributed by atoms with van der Waals surface area (Å²) in [6.07, 6.45) is 6.32. The molecule has 2 fully saturated rings. The number of nitrogens with zero attached hydrogens (tertiary/aromatic N) is 4. The molecule has 2 saturated heterocycles. The maximum atomic E-state index is 12.1. The summed E-state index contributed by atoms with van der Waals surface area (Å²) in [5.41, 5.74) is 0. The SMILES string of the molecule is CCNC(=O)N1CCCC1c1noc(CCC(=O)NCCN2CCCCC2)n1. The molecule has 3 rings (SSSR count). The van der Waals surface area contributed by atoms with Crippen LogP contribution < -0.4 is 10.6 Å². The van der Waals surface area contributed by atoms with Gasteiger partial charge in [0.2, 0.25) is 11.8 Å². The average molecular weight is 393 g/mol. The lowest BCUT2D eigenvalue weighted by Gasteiger charge is -2.26. The summed E-state index contributed by atoms with van der Waals surface area (Å²) in [7, 11) is 0. The number of carbonyl (C=O) groups excluding carboxylic acids is 2. The molecular weight excluding hydrogens is 360 g/mol. The zero-order valence-corrected chi connectivity index (χ0v) is 16.8. The summed E-state index contributed by atoms with van der Waals surface area (Å²) in [4.78, 5) is 32.8. The molecule has 9 heteroatoms. The number of carbonyl (C=O) groups is 2. The third kappa shape index (κ3) is 5.67. The van der Waals surface area contributed by atoms with Crippen molar-refractivity contribution in [3.8, 4) is 0 Å². The van der Waals surface area contributed by atoms with E-state index in [-0.39, 0.29) is 18.0 Å². The lowest BCUT2D eigenvalue weighted by Crippen LogP contribution is -2.39. The first kappa shape index (κ1) is 20.6. The molecule has 0 aromatic carbocycles. The molecule has 156 valence electrons. The molecule has 0 bridgehead atoms. The Morgan fingerprint density at radius 2 is 1.96 bits per heavy atom. The second kappa shape index (κ2) is 10.4. The quantitative estimate of drug-likeness (QED) is 0.694. The Balaban J connectivity index is 1.40. The molecule has 28 heavy (non-hydrogen) atoms. The van der Waals surface area contributed by atoms with Crippen LogP contribution in [0.15, 0.2) is 4.52 Å². The fourth-order valence-corrected chi connectivity index (χ4v) is 3.88. The number of urea groups is 1. The maximum absolute atomic E-state index is 12.1. The molecule has 1 atom stereocenters. The Morgan fingerprint density at radius 3 is 2.75 bits per heavy atom. The minimum atomic E-state index is -0.151. The molecule has 3 heterocycles. The summed E-state index contributed by atoms with van der Waals surface area (Å²) < 4.78 is 5.31. The number of amides is 3. The third-order valence-corrected chi connectivity index (χ3v) is 5.39. The zero-order chi connectivity index (χ0) is 19.8. The van der Waals surface area contributed by atoms with Crippen molar-refractivity contribution in [2.45, 2.75) is 57.9 Å². The van der Waals surface area contributed by atoms with E-state index in [2.05, 4.69) is 25.7 Å². The van der Waals surface area contributed by atoms with E-state index in [1.165, 1.54) is 19.3 Å². The number of piperidine rings is 1. The van der Waals surface area contributed by atoms with Gasteiger partial charge in [-0.15, -0.1) is 0 Å². The first-order valence-electron chi connectivity index (χ1n) is 10.5. The van der Waals surface area contributed by atoms with Crippen molar-refractivity contribution in [1.29, 1.82) is 0 Å². The number of nitrogens with one attached hydrogen (secondary N) is 2. The number of aryl methyl sites for hydroxylation is 1. The van der Waals surface area contributed by atoms with Crippen LogP contribution in [0.2, 0.25) is 0 Å². The van der Waals surface area contributed by atoms with E-state index in [1.54, 1.807) is 4.90 Å². The molecule has 3 amide bonds. The second-order valence-electron chi connectivity index (χ2n) is 7.49. The minimum absolute atomic E-state index is 0.00146. The maximum Gasteiger partial charge on any atom is 0.318 e. The highest BCUT2D eigenvalue weighted by Crippen LogP contribution is 2.30. The highest BCUT2D eigenvalue weighted by Gasteiger charge is 2.33. The molecule has 2 aliphatic rings. The Morgan fingerprint density at radius 1 is 1.14 bits per heavy atom. The number of hydrogen-bond acceptors (Lipinski definition) is 6. The molecule has 0 aliphatic carbocycles. The van der Waals surface area contributed by atoms with E-state index in [0.717, 1.165) is 32.5 Å². The van der Waals surface area contributed by atoms with E-state index in [9.17, 15) is 9.59 Å². The average Bonchev–Trinajstić information content (AvgIpc) is 3.36. The van der Waals surface area contributed by atoms with Crippen LogP contribution in [0.3, 0.4) is 0 Å². The van der Waals surface area contributed by atoms with Gasteiger partial charge in [-0.2, -0.15) is 4.98 Å². The normalized spacial score (nSPS) is 20.3. The summed E-state index contributed by atoms with van der Waals surface area (Å²) in [5, 5.41) is 9.83. The predicted octanol–water partition coefficient (Wildman–Crippen LogP) is 1.47. The lowest BCUT2D eigenvalue weighted by atomic mass is 10.1. The first-order valence-corrected chi connectivity index (χ1v) is 10.5. The van der Waals surface area contributed by atoms with Gasteiger partial charge in [-0.25, -0.2) is 4.79 Å². The van der Waals surface area contributed by atoms with Gasteiger partial charge in [0.05, 0.1) is 6.04 Å². The summed E-state index contributed by atoms with van der Waals surface area (Å²) >= 11 is 0. The first-order chi connectivity index (χ1) is 13.7. The molecule has 1 aromatic rings. The van der Waals surface area contributed by atoms with Crippen molar-refractivity contribution in [3.63, 3.8) is 0 Å². The molecule has 0 radical (unpaired) electrons. The van der Waals surface area contributed by atoms with Crippen molar-refractivity contribution in [2.24, 2.45) is 0 Å². The second-order valence-corrected chi connectivity index (χ2v) is 7.49. The van der Waals surface area contributed by atoms with Crippen molar-refractivity contribution in [3.05, 3.63) is 11.7 Å².